The highest BCUT2D eigenvalue weighted by Crippen LogP contribution is 2.64. The van der Waals surface area contributed by atoms with Gasteiger partial charge >= 0.3 is 0 Å². The zero-order chi connectivity index (χ0) is 17.3. The third-order valence-electron chi connectivity index (χ3n) is 6.58. The third-order valence-corrected chi connectivity index (χ3v) is 6.58. The van der Waals surface area contributed by atoms with Gasteiger partial charge in [-0.3, -0.25) is 0 Å². The van der Waals surface area contributed by atoms with Gasteiger partial charge in [0, 0.05) is 16.9 Å². The van der Waals surface area contributed by atoms with E-state index in [-0.39, 0.29) is 5.41 Å². The fraction of sp³-hybridized carbons (Fsp3) is 0.286. The summed E-state index contributed by atoms with van der Waals surface area (Å²) in [5, 5.41) is 25.1. The summed E-state index contributed by atoms with van der Waals surface area (Å²) in [5.41, 5.74) is 9.06. The van der Waals surface area contributed by atoms with Crippen molar-refractivity contribution in [2.24, 2.45) is 16.5 Å². The van der Waals surface area contributed by atoms with E-state index in [1.54, 1.807) is 0 Å². The van der Waals surface area contributed by atoms with Gasteiger partial charge < -0.3 is 5.21 Å². The number of aromatic nitrogens is 3. The normalized spacial score (nSPS) is 28.0. The van der Waals surface area contributed by atoms with Crippen LogP contribution in [0.1, 0.15) is 36.0 Å². The van der Waals surface area contributed by atoms with Crippen LogP contribution in [0.4, 0.5) is 0 Å². The highest BCUT2D eigenvalue weighted by molar-refractivity contribution is 6.33. The van der Waals surface area contributed by atoms with Crippen LogP contribution in [0.15, 0.2) is 47.6 Å². The molecule has 1 saturated carbocycles. The first-order valence-corrected chi connectivity index (χ1v) is 9.16. The molecule has 2 atom stereocenters. The molecule has 5 nitrogen and oxygen atoms in total. The van der Waals surface area contributed by atoms with E-state index in [1.165, 1.54) is 16.7 Å². The zero-order valence-electron chi connectivity index (χ0n) is 14.2. The molecule has 0 radical (unpaired) electrons. The number of nitrogens with zero attached hydrogens (tertiary/aromatic N) is 3. The fourth-order valence-electron chi connectivity index (χ4n) is 5.60. The molecule has 26 heavy (non-hydrogen) atoms. The fourth-order valence-corrected chi connectivity index (χ4v) is 5.60. The Morgan fingerprint density at radius 3 is 2.85 bits per heavy atom. The first kappa shape index (κ1) is 14.2. The van der Waals surface area contributed by atoms with Crippen molar-refractivity contribution in [3.8, 4) is 0 Å². The zero-order valence-corrected chi connectivity index (χ0v) is 14.2. The number of rotatable bonds is 1. The van der Waals surface area contributed by atoms with Crippen molar-refractivity contribution in [1.29, 1.82) is 0 Å². The average Bonchev–Trinajstić information content (AvgIpc) is 3.37. The number of benzene rings is 2. The summed E-state index contributed by atoms with van der Waals surface area (Å²) in [7, 11) is 0. The van der Waals surface area contributed by atoms with Gasteiger partial charge in [-0.25, -0.2) is 0 Å². The van der Waals surface area contributed by atoms with Gasteiger partial charge in [0.25, 0.3) is 0 Å². The number of hydrogen-bond donors (Lipinski definition) is 2. The largest absolute Gasteiger partial charge is 0.411 e. The van der Waals surface area contributed by atoms with E-state index in [9.17, 15) is 5.21 Å². The van der Waals surface area contributed by atoms with Crippen LogP contribution in [0.3, 0.4) is 0 Å². The predicted molar refractivity (Wildman–Crippen MR) is 99.8 cm³/mol. The molecule has 1 spiro atoms. The number of oxime groups is 1. The van der Waals surface area contributed by atoms with Crippen LogP contribution < -0.4 is 0 Å². The van der Waals surface area contributed by atoms with Crippen LogP contribution in [-0.4, -0.2) is 26.3 Å². The molecule has 1 aromatic heterocycles. The monoisotopic (exact) mass is 342 g/mol. The van der Waals surface area contributed by atoms with Crippen LogP contribution in [0.2, 0.25) is 0 Å². The van der Waals surface area contributed by atoms with E-state index >= 15 is 0 Å². The Labute approximate surface area is 150 Å². The van der Waals surface area contributed by atoms with E-state index in [1.807, 2.05) is 12.1 Å². The maximum absolute atomic E-state index is 9.87. The molecule has 6 rings (SSSR count). The van der Waals surface area contributed by atoms with Crippen LogP contribution in [0, 0.1) is 11.3 Å². The maximum Gasteiger partial charge on any atom is 0.116 e. The summed E-state index contributed by atoms with van der Waals surface area (Å²) >= 11 is 0. The summed E-state index contributed by atoms with van der Waals surface area (Å²) in [4.78, 5) is 0. The second-order valence-electron chi connectivity index (χ2n) is 7.78. The van der Waals surface area contributed by atoms with Crippen molar-refractivity contribution in [3.05, 3.63) is 59.2 Å². The van der Waals surface area contributed by atoms with Crippen molar-refractivity contribution < 1.29 is 5.21 Å². The first-order chi connectivity index (χ1) is 12.8. The van der Waals surface area contributed by atoms with Crippen LogP contribution in [-0.2, 0) is 6.42 Å². The molecule has 0 unspecified atom stereocenters. The van der Waals surface area contributed by atoms with Crippen molar-refractivity contribution in [1.82, 2.24) is 15.4 Å². The molecule has 0 saturated heterocycles. The Morgan fingerprint density at radius 1 is 1.12 bits per heavy atom. The minimum atomic E-state index is 0.138. The summed E-state index contributed by atoms with van der Waals surface area (Å²) in [6.45, 7) is 0. The standard InChI is InChI=1S/C21H18N4O/c26-24-19-13-8-9-21(10-13)11-15-14(6-7-16-20(15)23-25-22-16)18(21)17(19)12-4-2-1-3-5-12/h1-7,13,26H,8-11H2,(H,22,23,25)/b24-19+/t13-,21+/m1/s1. The van der Waals surface area contributed by atoms with E-state index in [0.717, 1.165) is 53.6 Å². The molecule has 3 aliphatic carbocycles. The van der Waals surface area contributed by atoms with Gasteiger partial charge in [0.15, 0.2) is 0 Å². The summed E-state index contributed by atoms with van der Waals surface area (Å²) in [5.74, 6) is 0.334. The smallest absolute Gasteiger partial charge is 0.116 e. The Morgan fingerprint density at radius 2 is 2.00 bits per heavy atom. The minimum Gasteiger partial charge on any atom is -0.411 e. The van der Waals surface area contributed by atoms with Crippen molar-refractivity contribution in [2.45, 2.75) is 25.7 Å². The molecule has 2 aromatic carbocycles. The molecular formula is C21H18N4O. The molecular weight excluding hydrogens is 324 g/mol. The molecule has 2 bridgehead atoms. The van der Waals surface area contributed by atoms with Crippen molar-refractivity contribution in [3.63, 3.8) is 0 Å². The van der Waals surface area contributed by atoms with Gasteiger partial charge in [0.05, 0.1) is 5.71 Å². The molecule has 0 aliphatic heterocycles. The molecule has 1 fully saturated rings. The van der Waals surface area contributed by atoms with Gasteiger partial charge in [-0.2, -0.15) is 15.4 Å². The van der Waals surface area contributed by atoms with Gasteiger partial charge in [-0.1, -0.05) is 41.6 Å². The van der Waals surface area contributed by atoms with E-state index in [2.05, 4.69) is 50.9 Å². The number of fused-ring (bicyclic) bond motifs is 5. The molecule has 5 heteroatoms. The lowest BCUT2D eigenvalue weighted by Gasteiger charge is -2.34. The lowest BCUT2D eigenvalue weighted by molar-refractivity contribution is 0.314. The van der Waals surface area contributed by atoms with Gasteiger partial charge in [-0.05, 0) is 54.0 Å². The summed E-state index contributed by atoms with van der Waals surface area (Å²) in [6, 6.07) is 14.6. The number of hydrogen-bond acceptors (Lipinski definition) is 4. The Kier molecular flexibility index (Phi) is 2.64. The predicted octanol–water partition coefficient (Wildman–Crippen LogP) is 4.06. The van der Waals surface area contributed by atoms with Gasteiger partial charge in [0.1, 0.15) is 11.0 Å². The average molecular weight is 342 g/mol. The molecule has 1 heterocycles. The molecule has 128 valence electrons. The Balaban J connectivity index is 1.74. The summed E-state index contributed by atoms with van der Waals surface area (Å²) in [6.07, 6.45) is 4.28. The quantitative estimate of drug-likeness (QED) is 0.517. The lowest BCUT2D eigenvalue weighted by Crippen LogP contribution is -2.27. The Hall–Kier alpha value is -2.95. The molecule has 2 N–H and O–H groups in total. The topological polar surface area (TPSA) is 74.2 Å². The van der Waals surface area contributed by atoms with E-state index in [4.69, 9.17) is 0 Å². The summed E-state index contributed by atoms with van der Waals surface area (Å²) < 4.78 is 0. The van der Waals surface area contributed by atoms with E-state index in [0.29, 0.717) is 5.92 Å². The van der Waals surface area contributed by atoms with E-state index < -0.39 is 0 Å². The lowest BCUT2D eigenvalue weighted by atomic mass is 9.69. The molecule has 3 aliphatic rings. The minimum absolute atomic E-state index is 0.138. The highest BCUT2D eigenvalue weighted by atomic mass is 16.4. The number of allylic oxidation sites excluding steroid dienone is 2. The Bertz CT molecular complexity index is 1110. The second kappa shape index (κ2) is 4.81. The van der Waals surface area contributed by atoms with Crippen LogP contribution >= 0.6 is 0 Å². The van der Waals surface area contributed by atoms with Crippen LogP contribution in [0.5, 0.6) is 0 Å². The maximum atomic E-state index is 9.87. The van der Waals surface area contributed by atoms with Gasteiger partial charge in [-0.15, -0.1) is 0 Å². The SMILES string of the molecule is O/N=C1/C(c2ccccc2)=C2c3ccc4n[nH]nc4c3C[C@@]23CC[C@@H]1C3. The molecule has 3 aromatic rings. The highest BCUT2D eigenvalue weighted by Gasteiger charge is 2.54. The first-order valence-electron chi connectivity index (χ1n) is 9.16. The number of aromatic amines is 1. The third kappa shape index (κ3) is 1.63. The van der Waals surface area contributed by atoms with Crippen molar-refractivity contribution in [2.75, 3.05) is 0 Å². The molecule has 0 amide bonds. The number of H-pyrrole nitrogens is 1. The number of nitrogens with one attached hydrogen (secondary N) is 1. The van der Waals surface area contributed by atoms with Crippen LogP contribution in [0.25, 0.3) is 22.2 Å². The van der Waals surface area contributed by atoms with Gasteiger partial charge in [0.2, 0.25) is 0 Å². The second-order valence-corrected chi connectivity index (χ2v) is 7.78. The van der Waals surface area contributed by atoms with Crippen molar-refractivity contribution >= 4 is 27.9 Å².